The van der Waals surface area contributed by atoms with E-state index in [0.29, 0.717) is 28.9 Å². The van der Waals surface area contributed by atoms with Crippen LogP contribution in [0.1, 0.15) is 31.6 Å². The molecule has 1 fully saturated rings. The molecule has 3 rings (SSSR count). The number of nitrogens with two attached hydrogens (primary N) is 1. The van der Waals surface area contributed by atoms with Crippen LogP contribution in [0.15, 0.2) is 22.7 Å². The van der Waals surface area contributed by atoms with Crippen molar-refractivity contribution in [1.29, 1.82) is 0 Å². The van der Waals surface area contributed by atoms with Crippen LogP contribution in [0.3, 0.4) is 0 Å². The van der Waals surface area contributed by atoms with E-state index in [1.165, 1.54) is 31.0 Å². The molecule has 1 aromatic heterocycles. The number of hydrogen-bond donors (Lipinski definition) is 1. The van der Waals surface area contributed by atoms with Crippen LogP contribution < -0.4 is 5.73 Å². The zero-order valence-corrected chi connectivity index (χ0v) is 10.9. The normalized spacial score (nSPS) is 16.1. The molecular formula is C13H14N4O3. The van der Waals surface area contributed by atoms with E-state index in [0.717, 1.165) is 0 Å². The van der Waals surface area contributed by atoms with Crippen LogP contribution in [0.2, 0.25) is 0 Å². The summed E-state index contributed by atoms with van der Waals surface area (Å²) in [6, 6.07) is 4.20. The SMILES string of the molecule is C[C@H](c1nc(-c2cc([N+](=O)[O-])ccc2N)no1)C1CC1. The number of nitro benzene ring substituents is 1. The van der Waals surface area contributed by atoms with Crippen molar-refractivity contribution >= 4 is 11.4 Å². The Balaban J connectivity index is 1.96. The summed E-state index contributed by atoms with van der Waals surface area (Å²) >= 11 is 0. The molecule has 104 valence electrons. The number of hydrogen-bond acceptors (Lipinski definition) is 6. The molecule has 0 spiro atoms. The molecule has 0 saturated heterocycles. The second-order valence-electron chi connectivity index (χ2n) is 5.11. The van der Waals surface area contributed by atoms with E-state index >= 15 is 0 Å². The third kappa shape index (κ3) is 2.22. The summed E-state index contributed by atoms with van der Waals surface area (Å²) in [5.74, 6) is 1.68. The number of nitrogens with zero attached hydrogens (tertiary/aromatic N) is 3. The number of aromatic nitrogens is 2. The van der Waals surface area contributed by atoms with E-state index < -0.39 is 4.92 Å². The van der Waals surface area contributed by atoms with Gasteiger partial charge in [0.15, 0.2) is 0 Å². The number of anilines is 1. The largest absolute Gasteiger partial charge is 0.398 e. The quantitative estimate of drug-likeness (QED) is 0.521. The summed E-state index contributed by atoms with van der Waals surface area (Å²) in [5.41, 5.74) is 6.61. The van der Waals surface area contributed by atoms with Gasteiger partial charge in [0.1, 0.15) is 0 Å². The first-order valence-electron chi connectivity index (χ1n) is 6.44. The standard InChI is InChI=1S/C13H14N4O3/c1-7(8-2-3-8)13-15-12(16-20-13)10-6-9(17(18)19)4-5-11(10)14/h4-8H,2-3,14H2,1H3/t7-/m0/s1. The molecule has 2 N–H and O–H groups in total. The van der Waals surface area contributed by atoms with Crippen molar-refractivity contribution < 1.29 is 9.45 Å². The first-order valence-corrected chi connectivity index (χ1v) is 6.44. The lowest BCUT2D eigenvalue weighted by Crippen LogP contribution is -1.97. The van der Waals surface area contributed by atoms with E-state index in [1.54, 1.807) is 0 Å². The molecular weight excluding hydrogens is 260 g/mol. The fraction of sp³-hybridized carbons (Fsp3) is 0.385. The van der Waals surface area contributed by atoms with Crippen LogP contribution in [-0.4, -0.2) is 15.1 Å². The second-order valence-corrected chi connectivity index (χ2v) is 5.11. The van der Waals surface area contributed by atoms with E-state index in [4.69, 9.17) is 10.3 Å². The van der Waals surface area contributed by atoms with Gasteiger partial charge in [-0.2, -0.15) is 4.98 Å². The minimum absolute atomic E-state index is 0.0456. The Morgan fingerprint density at radius 1 is 1.50 bits per heavy atom. The molecule has 7 nitrogen and oxygen atoms in total. The highest BCUT2D eigenvalue weighted by molar-refractivity contribution is 5.73. The van der Waals surface area contributed by atoms with E-state index in [1.807, 2.05) is 6.92 Å². The Hall–Kier alpha value is -2.44. The summed E-state index contributed by atoms with van der Waals surface area (Å²) in [6.45, 7) is 2.05. The summed E-state index contributed by atoms with van der Waals surface area (Å²) in [5, 5.41) is 14.7. The third-order valence-corrected chi connectivity index (χ3v) is 3.65. The van der Waals surface area contributed by atoms with Gasteiger partial charge in [0.05, 0.1) is 10.5 Å². The maximum Gasteiger partial charge on any atom is 0.270 e. The van der Waals surface area contributed by atoms with Crippen LogP contribution >= 0.6 is 0 Å². The van der Waals surface area contributed by atoms with Gasteiger partial charge < -0.3 is 10.3 Å². The average molecular weight is 274 g/mol. The molecule has 0 amide bonds. The van der Waals surface area contributed by atoms with Crippen LogP contribution in [0.5, 0.6) is 0 Å². The minimum Gasteiger partial charge on any atom is -0.398 e. The van der Waals surface area contributed by atoms with Crippen molar-refractivity contribution in [2.24, 2.45) is 5.92 Å². The maximum atomic E-state index is 10.8. The van der Waals surface area contributed by atoms with Gasteiger partial charge in [-0.15, -0.1) is 0 Å². The minimum atomic E-state index is -0.475. The molecule has 1 atom stereocenters. The molecule has 0 aliphatic heterocycles. The predicted octanol–water partition coefficient (Wildman–Crippen LogP) is 2.74. The Labute approximate surface area is 114 Å². The Morgan fingerprint density at radius 3 is 2.90 bits per heavy atom. The van der Waals surface area contributed by atoms with Crippen molar-refractivity contribution in [3.63, 3.8) is 0 Å². The zero-order chi connectivity index (χ0) is 14.3. The maximum absolute atomic E-state index is 10.8. The lowest BCUT2D eigenvalue weighted by atomic mass is 10.1. The van der Waals surface area contributed by atoms with Crippen molar-refractivity contribution in [3.8, 4) is 11.4 Å². The summed E-state index contributed by atoms with van der Waals surface area (Å²) < 4.78 is 5.25. The smallest absolute Gasteiger partial charge is 0.270 e. The van der Waals surface area contributed by atoms with Crippen LogP contribution in [0.25, 0.3) is 11.4 Å². The highest BCUT2D eigenvalue weighted by atomic mass is 16.6. The average Bonchev–Trinajstić information content (AvgIpc) is 3.16. The Kier molecular flexibility index (Phi) is 2.89. The van der Waals surface area contributed by atoms with Gasteiger partial charge in [-0.25, -0.2) is 0 Å². The molecule has 1 saturated carbocycles. The molecule has 1 aliphatic rings. The lowest BCUT2D eigenvalue weighted by molar-refractivity contribution is -0.384. The Bertz CT molecular complexity index is 663. The monoisotopic (exact) mass is 274 g/mol. The number of nitro groups is 1. The number of nitrogen functional groups attached to an aromatic ring is 1. The predicted molar refractivity (Wildman–Crippen MR) is 71.9 cm³/mol. The van der Waals surface area contributed by atoms with E-state index in [-0.39, 0.29) is 11.6 Å². The van der Waals surface area contributed by atoms with Crippen LogP contribution in [0, 0.1) is 16.0 Å². The summed E-state index contributed by atoms with van der Waals surface area (Å²) in [7, 11) is 0. The van der Waals surface area contributed by atoms with Gasteiger partial charge in [-0.1, -0.05) is 12.1 Å². The Morgan fingerprint density at radius 2 is 2.25 bits per heavy atom. The number of non-ortho nitro benzene ring substituents is 1. The van der Waals surface area contributed by atoms with Crippen molar-refractivity contribution in [2.45, 2.75) is 25.7 Å². The fourth-order valence-electron chi connectivity index (χ4n) is 2.18. The molecule has 1 aliphatic carbocycles. The van der Waals surface area contributed by atoms with E-state index in [2.05, 4.69) is 10.1 Å². The number of benzene rings is 1. The molecule has 7 heteroatoms. The van der Waals surface area contributed by atoms with Crippen LogP contribution in [-0.2, 0) is 0 Å². The molecule has 2 aromatic rings. The molecule has 0 bridgehead atoms. The van der Waals surface area contributed by atoms with Gasteiger partial charge >= 0.3 is 0 Å². The molecule has 1 heterocycles. The highest BCUT2D eigenvalue weighted by Crippen LogP contribution is 2.42. The summed E-state index contributed by atoms with van der Waals surface area (Å²) in [6.07, 6.45) is 2.36. The molecule has 0 unspecified atom stereocenters. The van der Waals surface area contributed by atoms with Crippen molar-refractivity contribution in [2.75, 3.05) is 5.73 Å². The third-order valence-electron chi connectivity index (χ3n) is 3.65. The molecule has 0 radical (unpaired) electrons. The summed E-state index contributed by atoms with van der Waals surface area (Å²) in [4.78, 5) is 14.7. The van der Waals surface area contributed by atoms with Gasteiger partial charge in [0, 0.05) is 23.7 Å². The van der Waals surface area contributed by atoms with Crippen molar-refractivity contribution in [1.82, 2.24) is 10.1 Å². The van der Waals surface area contributed by atoms with Crippen LogP contribution in [0.4, 0.5) is 11.4 Å². The fourth-order valence-corrected chi connectivity index (χ4v) is 2.18. The molecule has 20 heavy (non-hydrogen) atoms. The van der Waals surface area contributed by atoms with Gasteiger partial charge in [-0.05, 0) is 24.8 Å². The van der Waals surface area contributed by atoms with Crippen molar-refractivity contribution in [3.05, 3.63) is 34.2 Å². The zero-order valence-electron chi connectivity index (χ0n) is 10.9. The second kappa shape index (κ2) is 4.59. The molecule has 1 aromatic carbocycles. The highest BCUT2D eigenvalue weighted by Gasteiger charge is 2.32. The topological polar surface area (TPSA) is 108 Å². The van der Waals surface area contributed by atoms with E-state index in [9.17, 15) is 10.1 Å². The first-order chi connectivity index (χ1) is 9.56. The number of rotatable bonds is 4. The lowest BCUT2D eigenvalue weighted by Gasteiger charge is -2.02. The van der Waals surface area contributed by atoms with Gasteiger partial charge in [0.25, 0.3) is 5.69 Å². The van der Waals surface area contributed by atoms with Gasteiger partial charge in [0.2, 0.25) is 11.7 Å². The first kappa shape index (κ1) is 12.6. The van der Waals surface area contributed by atoms with Gasteiger partial charge in [-0.3, -0.25) is 10.1 Å².